The molecule has 2 rings (SSSR count). The number of carbonyl (C=O) groups excluding carboxylic acids is 1. The quantitative estimate of drug-likeness (QED) is 0.872. The van der Waals surface area contributed by atoms with Gasteiger partial charge in [0, 0.05) is 19.1 Å². The molecule has 112 valence electrons. The van der Waals surface area contributed by atoms with E-state index in [1.165, 1.54) is 18.0 Å². The fraction of sp³-hybridized carbons (Fsp3) is 0.786. The standard InChI is InChI=1S/C14H24N4OS/c1-4-12-13(20-17-16-12)14(19)18(8-10(2)3)9-11-6-5-7-15-11/h10-11,15H,4-9H2,1-3H3. The Morgan fingerprint density at radius 3 is 2.95 bits per heavy atom. The highest BCUT2D eigenvalue weighted by Gasteiger charge is 2.26. The summed E-state index contributed by atoms with van der Waals surface area (Å²) in [5.41, 5.74) is 0.827. The second-order valence-corrected chi connectivity index (χ2v) is 6.55. The van der Waals surface area contributed by atoms with Crippen LogP contribution in [0.5, 0.6) is 0 Å². The van der Waals surface area contributed by atoms with Crippen LogP contribution in [0, 0.1) is 5.92 Å². The van der Waals surface area contributed by atoms with Crippen molar-refractivity contribution in [1.29, 1.82) is 0 Å². The summed E-state index contributed by atoms with van der Waals surface area (Å²) >= 11 is 1.22. The first-order chi connectivity index (χ1) is 9.61. The van der Waals surface area contributed by atoms with Crippen LogP contribution >= 0.6 is 11.5 Å². The molecule has 1 N–H and O–H groups in total. The van der Waals surface area contributed by atoms with Crippen molar-refractivity contribution in [2.45, 2.75) is 46.1 Å². The second kappa shape index (κ2) is 7.13. The number of aromatic nitrogens is 2. The molecule has 1 saturated heterocycles. The predicted molar refractivity (Wildman–Crippen MR) is 81.1 cm³/mol. The Labute approximate surface area is 124 Å². The van der Waals surface area contributed by atoms with Crippen molar-refractivity contribution in [2.24, 2.45) is 5.92 Å². The molecule has 1 aliphatic rings. The first-order valence-corrected chi connectivity index (χ1v) is 8.23. The molecular weight excluding hydrogens is 272 g/mol. The average molecular weight is 296 g/mol. The predicted octanol–water partition coefficient (Wildman–Crippen LogP) is 1.95. The van der Waals surface area contributed by atoms with Crippen LogP contribution < -0.4 is 5.32 Å². The fourth-order valence-electron chi connectivity index (χ4n) is 2.61. The highest BCUT2D eigenvalue weighted by molar-refractivity contribution is 7.08. The molecule has 0 bridgehead atoms. The van der Waals surface area contributed by atoms with Crippen molar-refractivity contribution in [1.82, 2.24) is 19.8 Å². The van der Waals surface area contributed by atoms with Crippen molar-refractivity contribution in [3.8, 4) is 0 Å². The maximum atomic E-state index is 12.7. The van der Waals surface area contributed by atoms with E-state index in [1.807, 2.05) is 11.8 Å². The van der Waals surface area contributed by atoms with Gasteiger partial charge in [0.15, 0.2) is 0 Å². The van der Waals surface area contributed by atoms with Crippen LogP contribution in [-0.2, 0) is 6.42 Å². The molecule has 0 aromatic carbocycles. The fourth-order valence-corrected chi connectivity index (χ4v) is 3.32. The number of carbonyl (C=O) groups is 1. The highest BCUT2D eigenvalue weighted by atomic mass is 32.1. The highest BCUT2D eigenvalue weighted by Crippen LogP contribution is 2.17. The van der Waals surface area contributed by atoms with Crippen LogP contribution in [0.2, 0.25) is 0 Å². The molecule has 1 unspecified atom stereocenters. The Kier molecular flexibility index (Phi) is 5.48. The van der Waals surface area contributed by atoms with Gasteiger partial charge in [0.25, 0.3) is 5.91 Å². The van der Waals surface area contributed by atoms with E-state index >= 15 is 0 Å². The van der Waals surface area contributed by atoms with Gasteiger partial charge in [-0.1, -0.05) is 25.3 Å². The lowest BCUT2D eigenvalue weighted by molar-refractivity contribution is 0.0725. The lowest BCUT2D eigenvalue weighted by atomic mass is 10.1. The first kappa shape index (κ1) is 15.4. The van der Waals surface area contributed by atoms with E-state index in [2.05, 4.69) is 28.8 Å². The van der Waals surface area contributed by atoms with Gasteiger partial charge in [-0.15, -0.1) is 5.10 Å². The molecular formula is C14H24N4OS. The van der Waals surface area contributed by atoms with Gasteiger partial charge < -0.3 is 10.2 Å². The summed E-state index contributed by atoms with van der Waals surface area (Å²) in [6.07, 6.45) is 3.12. The van der Waals surface area contributed by atoms with Gasteiger partial charge in [-0.25, -0.2) is 0 Å². The minimum Gasteiger partial charge on any atom is -0.336 e. The Morgan fingerprint density at radius 2 is 2.35 bits per heavy atom. The second-order valence-electron chi connectivity index (χ2n) is 5.80. The summed E-state index contributed by atoms with van der Waals surface area (Å²) < 4.78 is 3.94. The third kappa shape index (κ3) is 3.76. The topological polar surface area (TPSA) is 58.1 Å². The van der Waals surface area contributed by atoms with Gasteiger partial charge in [0.2, 0.25) is 0 Å². The molecule has 0 saturated carbocycles. The number of hydrogen-bond donors (Lipinski definition) is 1. The average Bonchev–Trinajstić information content (AvgIpc) is 3.07. The number of amides is 1. The van der Waals surface area contributed by atoms with E-state index in [-0.39, 0.29) is 5.91 Å². The molecule has 0 aliphatic carbocycles. The number of nitrogens with zero attached hydrogens (tertiary/aromatic N) is 3. The molecule has 0 spiro atoms. The van der Waals surface area contributed by atoms with Crippen molar-refractivity contribution < 1.29 is 4.79 Å². The number of rotatable bonds is 6. The molecule has 1 aromatic heterocycles. The number of nitrogens with one attached hydrogen (secondary N) is 1. The SMILES string of the molecule is CCc1nnsc1C(=O)N(CC(C)C)CC1CCCN1. The Hall–Kier alpha value is -1.01. The summed E-state index contributed by atoms with van der Waals surface area (Å²) in [4.78, 5) is 15.4. The van der Waals surface area contributed by atoms with Gasteiger partial charge in [-0.2, -0.15) is 0 Å². The largest absolute Gasteiger partial charge is 0.336 e. The Balaban J connectivity index is 2.10. The van der Waals surface area contributed by atoms with Gasteiger partial charge in [-0.3, -0.25) is 4.79 Å². The Bertz CT molecular complexity index is 440. The molecule has 1 amide bonds. The molecule has 2 heterocycles. The zero-order valence-electron chi connectivity index (χ0n) is 12.6. The molecule has 1 aromatic rings. The van der Waals surface area contributed by atoms with Crippen LogP contribution in [0.25, 0.3) is 0 Å². The van der Waals surface area contributed by atoms with E-state index in [4.69, 9.17) is 0 Å². The smallest absolute Gasteiger partial charge is 0.267 e. The third-order valence-corrected chi connectivity index (χ3v) is 4.32. The van der Waals surface area contributed by atoms with E-state index in [1.54, 1.807) is 0 Å². The van der Waals surface area contributed by atoms with Crippen molar-refractivity contribution >= 4 is 17.4 Å². The van der Waals surface area contributed by atoms with Crippen LogP contribution in [0.15, 0.2) is 0 Å². The van der Waals surface area contributed by atoms with E-state index in [0.717, 1.165) is 38.2 Å². The molecule has 1 aliphatic heterocycles. The van der Waals surface area contributed by atoms with Gasteiger partial charge in [0.1, 0.15) is 4.88 Å². The normalized spacial score (nSPS) is 18.7. The molecule has 0 radical (unpaired) electrons. The number of aryl methyl sites for hydroxylation is 1. The summed E-state index contributed by atoms with van der Waals surface area (Å²) in [6, 6.07) is 0.434. The van der Waals surface area contributed by atoms with Crippen LogP contribution in [0.4, 0.5) is 0 Å². The van der Waals surface area contributed by atoms with Gasteiger partial charge in [-0.05, 0) is 43.3 Å². The summed E-state index contributed by atoms with van der Waals surface area (Å²) in [6.45, 7) is 8.95. The van der Waals surface area contributed by atoms with Gasteiger partial charge in [0.05, 0.1) is 5.69 Å². The summed E-state index contributed by atoms with van der Waals surface area (Å²) in [7, 11) is 0. The summed E-state index contributed by atoms with van der Waals surface area (Å²) in [5.74, 6) is 0.561. The van der Waals surface area contributed by atoms with E-state index < -0.39 is 0 Å². The molecule has 6 heteroatoms. The molecule has 5 nitrogen and oxygen atoms in total. The zero-order chi connectivity index (χ0) is 14.5. The van der Waals surface area contributed by atoms with E-state index in [0.29, 0.717) is 16.8 Å². The maximum Gasteiger partial charge on any atom is 0.267 e. The summed E-state index contributed by atoms with van der Waals surface area (Å²) in [5, 5.41) is 7.52. The van der Waals surface area contributed by atoms with Gasteiger partial charge >= 0.3 is 0 Å². The van der Waals surface area contributed by atoms with Crippen molar-refractivity contribution in [3.05, 3.63) is 10.6 Å². The number of hydrogen-bond acceptors (Lipinski definition) is 5. The van der Waals surface area contributed by atoms with Crippen LogP contribution in [-0.4, -0.2) is 46.1 Å². The van der Waals surface area contributed by atoms with Crippen molar-refractivity contribution in [2.75, 3.05) is 19.6 Å². The van der Waals surface area contributed by atoms with E-state index in [9.17, 15) is 4.79 Å². The van der Waals surface area contributed by atoms with Crippen LogP contribution in [0.3, 0.4) is 0 Å². The Morgan fingerprint density at radius 1 is 1.55 bits per heavy atom. The first-order valence-electron chi connectivity index (χ1n) is 7.45. The minimum atomic E-state index is 0.0965. The molecule has 1 atom stereocenters. The third-order valence-electron chi connectivity index (χ3n) is 3.56. The molecule has 1 fully saturated rings. The maximum absolute atomic E-state index is 12.7. The molecule has 20 heavy (non-hydrogen) atoms. The minimum absolute atomic E-state index is 0.0965. The van der Waals surface area contributed by atoms with Crippen LogP contribution in [0.1, 0.15) is 49.0 Å². The zero-order valence-corrected chi connectivity index (χ0v) is 13.4. The monoisotopic (exact) mass is 296 g/mol. The lowest BCUT2D eigenvalue weighted by Gasteiger charge is -2.27. The lowest BCUT2D eigenvalue weighted by Crippen LogP contribution is -2.42. The van der Waals surface area contributed by atoms with Crippen molar-refractivity contribution in [3.63, 3.8) is 0 Å².